The highest BCUT2D eigenvalue weighted by Gasteiger charge is 2.44. The minimum atomic E-state index is -1.67. The Morgan fingerprint density at radius 2 is 0.773 bits per heavy atom. The van der Waals surface area contributed by atoms with E-state index in [4.69, 9.17) is 10.6 Å². The van der Waals surface area contributed by atoms with Gasteiger partial charge in [-0.25, -0.2) is 10.3 Å². The number of benzene rings is 3. The number of hydrogen-bond donors (Lipinski definition) is 2. The van der Waals surface area contributed by atoms with Crippen molar-refractivity contribution in [3.05, 3.63) is 91.0 Å². The fourth-order valence-electron chi connectivity index (χ4n) is 6.36. The minimum Gasteiger partial charge on any atom is -0.350 e. The third-order valence-electron chi connectivity index (χ3n) is 8.75. The predicted molar refractivity (Wildman–Crippen MR) is 192 cm³/mol. The molecule has 240 valence electrons. The largest absolute Gasteiger partial charge is 0.350 e. The van der Waals surface area contributed by atoms with Crippen molar-refractivity contribution in [1.82, 2.24) is 5.48 Å². The van der Waals surface area contributed by atoms with Gasteiger partial charge in [0.25, 0.3) is 0 Å². The fraction of sp³-hybridized carbons (Fsp3) is 0.513. The van der Waals surface area contributed by atoms with E-state index in [0.29, 0.717) is 6.61 Å². The molecule has 0 aliphatic carbocycles. The first-order chi connectivity index (χ1) is 21.7. The molecule has 0 aromatic heterocycles. The summed E-state index contributed by atoms with van der Waals surface area (Å²) in [4.78, 5) is 15.5. The molecule has 2 amide bonds. The molecular formula is C39H58N2O2P+. The Morgan fingerprint density at radius 1 is 0.477 bits per heavy atom. The van der Waals surface area contributed by atoms with Gasteiger partial charge in [0.1, 0.15) is 23.2 Å². The molecular weight excluding hydrogens is 559 g/mol. The summed E-state index contributed by atoms with van der Waals surface area (Å²) in [5.41, 5.74) is 7.11. The van der Waals surface area contributed by atoms with Crippen LogP contribution in [0.3, 0.4) is 0 Å². The second-order valence-corrected chi connectivity index (χ2v) is 15.8. The number of urea groups is 1. The highest BCUT2D eigenvalue weighted by molar-refractivity contribution is 7.95. The molecule has 44 heavy (non-hydrogen) atoms. The van der Waals surface area contributed by atoms with Crippen molar-refractivity contribution >= 4 is 29.2 Å². The Morgan fingerprint density at radius 3 is 1.09 bits per heavy atom. The van der Waals surface area contributed by atoms with E-state index < -0.39 is 13.3 Å². The number of carbonyl (C=O) groups is 1. The minimum absolute atomic E-state index is 0.546. The zero-order valence-corrected chi connectivity index (χ0v) is 28.0. The third-order valence-corrected chi connectivity index (χ3v) is 13.3. The first kappa shape index (κ1) is 35.8. The maximum absolute atomic E-state index is 10.5. The summed E-state index contributed by atoms with van der Waals surface area (Å²) in [6.45, 7) is 0.546. The van der Waals surface area contributed by atoms with Crippen molar-refractivity contribution < 1.29 is 9.63 Å². The highest BCUT2D eigenvalue weighted by Crippen LogP contribution is 2.56. The van der Waals surface area contributed by atoms with Gasteiger partial charge in [-0.2, -0.15) is 0 Å². The van der Waals surface area contributed by atoms with E-state index in [1.807, 2.05) is 0 Å². The quantitative estimate of drug-likeness (QED) is 0.0565. The summed E-state index contributed by atoms with van der Waals surface area (Å²) < 4.78 is 0. The van der Waals surface area contributed by atoms with Crippen LogP contribution in [0.15, 0.2) is 91.0 Å². The van der Waals surface area contributed by atoms with Crippen LogP contribution >= 0.6 is 7.26 Å². The molecule has 5 heteroatoms. The van der Waals surface area contributed by atoms with Gasteiger partial charge in [0, 0.05) is 0 Å². The number of hydroxylamine groups is 1. The normalized spacial score (nSPS) is 11.5. The molecule has 0 radical (unpaired) electrons. The summed E-state index contributed by atoms with van der Waals surface area (Å²) in [6, 6.07) is 33.3. The lowest BCUT2D eigenvalue weighted by Crippen LogP contribution is -2.33. The van der Waals surface area contributed by atoms with E-state index in [1.165, 1.54) is 125 Å². The SMILES string of the molecule is NC(=O)NOCCCCCCCCCCCCCCCCCCCC[P+](c1ccccc1)(c1ccccc1)c1ccccc1. The number of unbranched alkanes of at least 4 members (excludes halogenated alkanes) is 17. The molecule has 3 rings (SSSR count). The Hall–Kier alpha value is -2.68. The molecule has 3 aromatic carbocycles. The van der Waals surface area contributed by atoms with E-state index >= 15 is 0 Å². The topological polar surface area (TPSA) is 64.4 Å². The van der Waals surface area contributed by atoms with Crippen LogP contribution < -0.4 is 27.1 Å². The molecule has 0 atom stereocenters. The van der Waals surface area contributed by atoms with Crippen LogP contribution in [0.4, 0.5) is 4.79 Å². The van der Waals surface area contributed by atoms with Crippen molar-refractivity contribution in [2.24, 2.45) is 5.73 Å². The predicted octanol–water partition coefficient (Wildman–Crippen LogP) is 9.60. The number of nitrogens with one attached hydrogen (secondary N) is 1. The first-order valence-corrected chi connectivity index (χ1v) is 19.4. The second kappa shape index (κ2) is 22.8. The first-order valence-electron chi connectivity index (χ1n) is 17.5. The van der Waals surface area contributed by atoms with Crippen LogP contribution in [0.2, 0.25) is 0 Å². The molecule has 0 saturated heterocycles. The number of carbonyl (C=O) groups excluding carboxylic acids is 1. The van der Waals surface area contributed by atoms with Crippen LogP contribution in [0.1, 0.15) is 116 Å². The Kier molecular flexibility index (Phi) is 18.5. The summed E-state index contributed by atoms with van der Waals surface area (Å²) in [7, 11) is -1.67. The smallest absolute Gasteiger partial charge is 0.336 e. The van der Waals surface area contributed by atoms with E-state index in [1.54, 1.807) is 0 Å². The van der Waals surface area contributed by atoms with Gasteiger partial charge in [-0.1, -0.05) is 151 Å². The molecule has 0 unspecified atom stereocenters. The van der Waals surface area contributed by atoms with Gasteiger partial charge in [-0.15, -0.1) is 0 Å². The average Bonchev–Trinajstić information content (AvgIpc) is 3.06. The van der Waals surface area contributed by atoms with E-state index in [2.05, 4.69) is 96.5 Å². The molecule has 0 fully saturated rings. The number of amides is 2. The van der Waals surface area contributed by atoms with Gasteiger partial charge in [-0.3, -0.25) is 4.84 Å². The average molecular weight is 618 g/mol. The fourth-order valence-corrected chi connectivity index (χ4v) is 10.8. The summed E-state index contributed by atoms with van der Waals surface area (Å²) >= 11 is 0. The van der Waals surface area contributed by atoms with Gasteiger partial charge in [-0.05, 0) is 55.7 Å². The molecule has 0 heterocycles. The Labute approximate surface area is 268 Å². The third kappa shape index (κ3) is 13.5. The maximum atomic E-state index is 10.5. The van der Waals surface area contributed by atoms with Crippen LogP contribution in [0.5, 0.6) is 0 Å². The molecule has 0 bridgehead atoms. The number of rotatable bonds is 25. The summed E-state index contributed by atoms with van der Waals surface area (Å²) in [5.74, 6) is 0. The van der Waals surface area contributed by atoms with E-state index in [9.17, 15) is 4.79 Å². The molecule has 4 nitrogen and oxygen atoms in total. The maximum Gasteiger partial charge on any atom is 0.336 e. The molecule has 0 aliphatic heterocycles. The standard InChI is InChI=1S/C39H57N2O2P/c40-39(42)41-43-34-26-15-13-11-9-7-5-3-1-2-4-6-8-10-12-14-16-27-35-44(36-28-20-17-21-29-36,37-30-22-18-23-31-37)38-32-24-19-25-33-38/h17-25,28-33H,1-16,26-27,34-35H2,(H2-,40,41,42)/p+1. The number of primary amides is 1. The monoisotopic (exact) mass is 617 g/mol. The summed E-state index contributed by atoms with van der Waals surface area (Å²) in [6.07, 6.45) is 25.2. The van der Waals surface area contributed by atoms with Crippen LogP contribution in [-0.2, 0) is 4.84 Å². The van der Waals surface area contributed by atoms with Gasteiger partial charge < -0.3 is 5.73 Å². The lowest BCUT2D eigenvalue weighted by Gasteiger charge is -2.27. The van der Waals surface area contributed by atoms with Gasteiger partial charge >= 0.3 is 6.03 Å². The molecule has 0 saturated carbocycles. The van der Waals surface area contributed by atoms with Crippen molar-refractivity contribution in [2.45, 2.75) is 116 Å². The van der Waals surface area contributed by atoms with Crippen molar-refractivity contribution in [3.8, 4) is 0 Å². The zero-order chi connectivity index (χ0) is 31.0. The van der Waals surface area contributed by atoms with Crippen molar-refractivity contribution in [3.63, 3.8) is 0 Å². The van der Waals surface area contributed by atoms with Gasteiger partial charge in [0.2, 0.25) is 0 Å². The van der Waals surface area contributed by atoms with Gasteiger partial charge in [0.05, 0.1) is 12.8 Å². The second-order valence-electron chi connectivity index (χ2n) is 12.2. The van der Waals surface area contributed by atoms with E-state index in [0.717, 1.165) is 12.8 Å². The lowest BCUT2D eigenvalue weighted by molar-refractivity contribution is 0.0616. The van der Waals surface area contributed by atoms with Crippen molar-refractivity contribution in [2.75, 3.05) is 12.8 Å². The van der Waals surface area contributed by atoms with Crippen LogP contribution in [0.25, 0.3) is 0 Å². The van der Waals surface area contributed by atoms with Crippen molar-refractivity contribution in [1.29, 1.82) is 0 Å². The molecule has 3 aromatic rings. The van der Waals surface area contributed by atoms with Crippen LogP contribution in [0, 0.1) is 0 Å². The number of nitrogens with two attached hydrogens (primary N) is 1. The Bertz CT molecular complexity index is 1010. The Balaban J connectivity index is 1.22. The summed E-state index contributed by atoms with van der Waals surface area (Å²) in [5, 5.41) is 4.52. The lowest BCUT2D eigenvalue weighted by atomic mass is 10.0. The molecule has 0 spiro atoms. The van der Waals surface area contributed by atoms with E-state index in [-0.39, 0.29) is 0 Å². The highest BCUT2D eigenvalue weighted by atomic mass is 31.2. The van der Waals surface area contributed by atoms with Crippen LogP contribution in [-0.4, -0.2) is 18.8 Å². The molecule has 3 N–H and O–H groups in total. The molecule has 0 aliphatic rings. The van der Waals surface area contributed by atoms with Gasteiger partial charge in [0.15, 0.2) is 0 Å². The number of hydrogen-bond acceptors (Lipinski definition) is 2. The zero-order valence-electron chi connectivity index (χ0n) is 27.1.